The number of ether oxygens (including phenoxy) is 1. The molecular formula is C15H31IN4OS. The molecule has 2 fully saturated rings. The van der Waals surface area contributed by atoms with Crippen molar-refractivity contribution in [3.05, 3.63) is 0 Å². The number of aliphatic imine (C=N–C) groups is 1. The van der Waals surface area contributed by atoms with E-state index in [0.29, 0.717) is 4.75 Å². The molecule has 0 aromatic carbocycles. The summed E-state index contributed by atoms with van der Waals surface area (Å²) in [5.41, 5.74) is 0. The third kappa shape index (κ3) is 7.23. The molecule has 2 aliphatic heterocycles. The molecule has 0 aliphatic carbocycles. The molecule has 2 saturated heterocycles. The van der Waals surface area contributed by atoms with Crippen molar-refractivity contribution >= 4 is 41.7 Å². The first-order valence-corrected chi connectivity index (χ1v) is 9.17. The molecule has 1 unspecified atom stereocenters. The van der Waals surface area contributed by atoms with Crippen LogP contribution in [0.2, 0.25) is 0 Å². The largest absolute Gasteiger partial charge is 0.379 e. The highest BCUT2D eigenvalue weighted by molar-refractivity contribution is 14.0. The third-order valence-corrected chi connectivity index (χ3v) is 5.56. The fraction of sp³-hybridized carbons (Fsp3) is 0.933. The molecule has 0 aromatic heterocycles. The van der Waals surface area contributed by atoms with Crippen LogP contribution in [-0.2, 0) is 4.74 Å². The summed E-state index contributed by atoms with van der Waals surface area (Å²) >= 11 is 2.07. The van der Waals surface area contributed by atoms with Crippen LogP contribution in [0.4, 0.5) is 0 Å². The Morgan fingerprint density at radius 1 is 1.32 bits per heavy atom. The summed E-state index contributed by atoms with van der Waals surface area (Å²) < 4.78 is 5.71. The van der Waals surface area contributed by atoms with Crippen molar-refractivity contribution in [2.75, 3.05) is 58.2 Å². The van der Waals surface area contributed by atoms with Gasteiger partial charge >= 0.3 is 0 Å². The lowest BCUT2D eigenvalue weighted by molar-refractivity contribution is 0.0389. The van der Waals surface area contributed by atoms with E-state index in [9.17, 15) is 0 Å². The number of nitrogens with zero attached hydrogens (tertiary/aromatic N) is 2. The van der Waals surface area contributed by atoms with Crippen molar-refractivity contribution in [2.45, 2.75) is 31.4 Å². The molecule has 0 bridgehead atoms. The first kappa shape index (κ1) is 20.3. The second-order valence-corrected chi connectivity index (χ2v) is 7.66. The van der Waals surface area contributed by atoms with Crippen LogP contribution in [0.25, 0.3) is 0 Å². The Kier molecular flexibility index (Phi) is 10.1. The number of hydrogen-bond acceptors (Lipinski definition) is 4. The van der Waals surface area contributed by atoms with Crippen LogP contribution in [0.5, 0.6) is 0 Å². The van der Waals surface area contributed by atoms with Gasteiger partial charge < -0.3 is 15.4 Å². The van der Waals surface area contributed by atoms with Gasteiger partial charge in [-0.3, -0.25) is 9.89 Å². The maximum atomic E-state index is 5.37. The molecule has 2 N–H and O–H groups in total. The number of morpholine rings is 1. The lowest BCUT2D eigenvalue weighted by Gasteiger charge is -2.27. The van der Waals surface area contributed by atoms with Gasteiger partial charge in [0.25, 0.3) is 0 Å². The van der Waals surface area contributed by atoms with Crippen LogP contribution < -0.4 is 10.6 Å². The van der Waals surface area contributed by atoms with E-state index < -0.39 is 0 Å². The SMILES string of the molecule is CCNC(=NCC1(C)CCCS1)NCCN1CCOCC1.I. The molecule has 0 amide bonds. The van der Waals surface area contributed by atoms with Gasteiger partial charge in [-0.2, -0.15) is 11.8 Å². The predicted octanol–water partition coefficient (Wildman–Crippen LogP) is 1.78. The summed E-state index contributed by atoms with van der Waals surface area (Å²) in [6.07, 6.45) is 2.62. The molecule has 2 rings (SSSR count). The quantitative estimate of drug-likeness (QED) is 0.373. The zero-order valence-corrected chi connectivity index (χ0v) is 17.0. The zero-order chi connectivity index (χ0) is 15.0. The fourth-order valence-electron chi connectivity index (χ4n) is 2.71. The van der Waals surface area contributed by atoms with E-state index in [0.717, 1.165) is 58.4 Å². The molecule has 2 aliphatic rings. The van der Waals surface area contributed by atoms with E-state index >= 15 is 0 Å². The lowest BCUT2D eigenvalue weighted by atomic mass is 10.1. The molecule has 2 heterocycles. The fourth-order valence-corrected chi connectivity index (χ4v) is 3.93. The Morgan fingerprint density at radius 2 is 2.09 bits per heavy atom. The molecule has 22 heavy (non-hydrogen) atoms. The molecule has 7 heteroatoms. The second-order valence-electron chi connectivity index (χ2n) is 5.98. The van der Waals surface area contributed by atoms with Gasteiger partial charge in [0.1, 0.15) is 0 Å². The predicted molar refractivity (Wildman–Crippen MR) is 107 cm³/mol. The minimum atomic E-state index is 0. The highest BCUT2D eigenvalue weighted by Crippen LogP contribution is 2.37. The summed E-state index contributed by atoms with van der Waals surface area (Å²) in [6.45, 7) is 12.1. The number of guanidine groups is 1. The average Bonchev–Trinajstić information content (AvgIpc) is 2.93. The number of hydrogen-bond donors (Lipinski definition) is 2. The smallest absolute Gasteiger partial charge is 0.191 e. The molecule has 0 aromatic rings. The van der Waals surface area contributed by atoms with Crippen molar-refractivity contribution in [2.24, 2.45) is 4.99 Å². The van der Waals surface area contributed by atoms with Gasteiger partial charge in [-0.15, -0.1) is 24.0 Å². The lowest BCUT2D eigenvalue weighted by Crippen LogP contribution is -2.44. The number of thioether (sulfide) groups is 1. The highest BCUT2D eigenvalue weighted by Gasteiger charge is 2.29. The Morgan fingerprint density at radius 3 is 2.73 bits per heavy atom. The van der Waals surface area contributed by atoms with Crippen LogP contribution in [0.15, 0.2) is 4.99 Å². The number of halogens is 1. The minimum absolute atomic E-state index is 0. The van der Waals surface area contributed by atoms with Gasteiger partial charge in [0.05, 0.1) is 19.8 Å². The van der Waals surface area contributed by atoms with Crippen LogP contribution >= 0.6 is 35.7 Å². The van der Waals surface area contributed by atoms with Crippen molar-refractivity contribution in [3.8, 4) is 0 Å². The van der Waals surface area contributed by atoms with Crippen molar-refractivity contribution in [1.29, 1.82) is 0 Å². The van der Waals surface area contributed by atoms with Crippen LogP contribution in [0.1, 0.15) is 26.7 Å². The normalized spacial score (nSPS) is 26.5. The van der Waals surface area contributed by atoms with Gasteiger partial charge in [0.2, 0.25) is 0 Å². The van der Waals surface area contributed by atoms with Crippen LogP contribution in [0, 0.1) is 0 Å². The van der Waals surface area contributed by atoms with Crippen molar-refractivity contribution in [3.63, 3.8) is 0 Å². The summed E-state index contributed by atoms with van der Waals surface area (Å²) in [4.78, 5) is 7.22. The summed E-state index contributed by atoms with van der Waals surface area (Å²) in [5.74, 6) is 2.24. The van der Waals surface area contributed by atoms with Gasteiger partial charge in [0.15, 0.2) is 5.96 Å². The van der Waals surface area contributed by atoms with E-state index in [2.05, 4.69) is 41.1 Å². The van der Waals surface area contributed by atoms with Gasteiger partial charge in [-0.05, 0) is 32.4 Å². The zero-order valence-electron chi connectivity index (χ0n) is 13.9. The minimum Gasteiger partial charge on any atom is -0.379 e. The molecule has 0 spiro atoms. The molecule has 0 radical (unpaired) electrons. The van der Waals surface area contributed by atoms with E-state index in [1.54, 1.807) is 0 Å². The van der Waals surface area contributed by atoms with Crippen LogP contribution in [0.3, 0.4) is 0 Å². The Bertz CT molecular complexity index is 332. The van der Waals surface area contributed by atoms with Gasteiger partial charge in [-0.1, -0.05) is 0 Å². The Labute approximate surface area is 156 Å². The average molecular weight is 442 g/mol. The van der Waals surface area contributed by atoms with Crippen LogP contribution in [-0.4, -0.2) is 73.8 Å². The molecule has 130 valence electrons. The molecule has 5 nitrogen and oxygen atoms in total. The summed E-state index contributed by atoms with van der Waals surface area (Å²) in [6, 6.07) is 0. The summed E-state index contributed by atoms with van der Waals surface area (Å²) in [7, 11) is 0. The van der Waals surface area contributed by atoms with E-state index in [1.807, 2.05) is 0 Å². The Balaban J connectivity index is 0.00000242. The number of nitrogens with one attached hydrogen (secondary N) is 2. The molecule has 0 saturated carbocycles. The first-order chi connectivity index (χ1) is 10.2. The number of rotatable bonds is 6. The standard InChI is InChI=1S/C15H30N4OS.HI/c1-3-16-14(18-13-15(2)5-4-12-21-15)17-6-7-19-8-10-20-11-9-19;/h3-13H2,1-2H3,(H2,16,17,18);1H. The second kappa shape index (κ2) is 10.9. The molecular weight excluding hydrogens is 411 g/mol. The maximum Gasteiger partial charge on any atom is 0.191 e. The van der Waals surface area contributed by atoms with Crippen molar-refractivity contribution in [1.82, 2.24) is 15.5 Å². The third-order valence-electron chi connectivity index (χ3n) is 4.04. The van der Waals surface area contributed by atoms with Gasteiger partial charge in [0, 0.05) is 37.5 Å². The van der Waals surface area contributed by atoms with Crippen molar-refractivity contribution < 1.29 is 4.74 Å². The monoisotopic (exact) mass is 442 g/mol. The highest BCUT2D eigenvalue weighted by atomic mass is 127. The Hall–Kier alpha value is 0.270. The summed E-state index contributed by atoms with van der Waals surface area (Å²) in [5, 5.41) is 6.80. The topological polar surface area (TPSA) is 48.9 Å². The first-order valence-electron chi connectivity index (χ1n) is 8.18. The van der Waals surface area contributed by atoms with E-state index in [4.69, 9.17) is 9.73 Å². The van der Waals surface area contributed by atoms with Gasteiger partial charge in [-0.25, -0.2) is 0 Å². The molecule has 1 atom stereocenters. The van der Waals surface area contributed by atoms with E-state index in [1.165, 1.54) is 18.6 Å². The maximum absolute atomic E-state index is 5.37. The van der Waals surface area contributed by atoms with E-state index in [-0.39, 0.29) is 24.0 Å².